The first-order chi connectivity index (χ1) is 11.6. The molecule has 1 aliphatic rings. The van der Waals surface area contributed by atoms with Gasteiger partial charge in [0.1, 0.15) is 0 Å². The Hall–Kier alpha value is -0.410. The first-order valence-electron chi connectivity index (χ1n) is 9.21. The second kappa shape index (κ2) is 12.1. The molecular weight excluding hydrogens is 445 g/mol. The number of guanidine groups is 1. The summed E-state index contributed by atoms with van der Waals surface area (Å²) in [5.41, 5.74) is 1.12. The van der Waals surface area contributed by atoms with Gasteiger partial charge in [0.25, 0.3) is 0 Å². The first-order valence-corrected chi connectivity index (χ1v) is 10.1. The van der Waals surface area contributed by atoms with E-state index < -0.39 is 0 Å². The fraction of sp³-hybridized carbons (Fsp3) is 0.778. The van der Waals surface area contributed by atoms with Crippen LogP contribution in [0.15, 0.2) is 10.4 Å². The molecule has 0 aromatic carbocycles. The summed E-state index contributed by atoms with van der Waals surface area (Å²) < 4.78 is 0. The van der Waals surface area contributed by atoms with Gasteiger partial charge in [-0.1, -0.05) is 6.92 Å². The second-order valence-corrected chi connectivity index (χ2v) is 7.89. The van der Waals surface area contributed by atoms with Crippen molar-refractivity contribution in [1.82, 2.24) is 20.1 Å². The molecule has 1 aromatic heterocycles. The topological polar surface area (TPSA) is 43.8 Å². The second-order valence-electron chi connectivity index (χ2n) is 6.83. The smallest absolute Gasteiger partial charge is 0.194 e. The molecule has 25 heavy (non-hydrogen) atoms. The molecule has 0 aliphatic carbocycles. The van der Waals surface area contributed by atoms with Gasteiger partial charge in [-0.25, -0.2) is 4.98 Å². The lowest BCUT2D eigenvalue weighted by molar-refractivity contribution is 0.191. The van der Waals surface area contributed by atoms with Gasteiger partial charge in [0, 0.05) is 25.5 Å². The third kappa shape index (κ3) is 8.21. The molecule has 0 radical (unpaired) electrons. The van der Waals surface area contributed by atoms with Gasteiger partial charge in [-0.05, 0) is 58.7 Å². The molecule has 2 rings (SSSR count). The number of nitrogens with one attached hydrogen (secondary N) is 1. The standard InChI is InChI=1S/C18H33N5S.HI/c1-5-19-18(22(4)13-17-14-24-16(3)21-17)20-9-6-10-23-11-7-15(2)8-12-23;/h14-15H,5-13H2,1-4H3,(H,19,20);1H. The Bertz CT molecular complexity index is 511. The summed E-state index contributed by atoms with van der Waals surface area (Å²) in [5, 5.41) is 6.64. The van der Waals surface area contributed by atoms with Gasteiger partial charge in [0.15, 0.2) is 5.96 Å². The van der Waals surface area contributed by atoms with Gasteiger partial charge in [0.05, 0.1) is 17.2 Å². The van der Waals surface area contributed by atoms with Crippen molar-refractivity contribution >= 4 is 41.3 Å². The molecule has 1 aliphatic heterocycles. The number of aromatic nitrogens is 1. The van der Waals surface area contributed by atoms with Crippen LogP contribution in [0.25, 0.3) is 0 Å². The molecule has 1 N–H and O–H groups in total. The first kappa shape index (κ1) is 22.6. The molecule has 0 unspecified atom stereocenters. The minimum Gasteiger partial charge on any atom is -0.357 e. The Balaban J connectivity index is 0.00000312. The van der Waals surface area contributed by atoms with E-state index in [1.165, 1.54) is 32.5 Å². The summed E-state index contributed by atoms with van der Waals surface area (Å²) in [6.07, 6.45) is 3.83. The zero-order valence-corrected chi connectivity index (χ0v) is 19.3. The van der Waals surface area contributed by atoms with E-state index in [9.17, 15) is 0 Å². The van der Waals surface area contributed by atoms with Crippen LogP contribution in [0.2, 0.25) is 0 Å². The molecule has 144 valence electrons. The highest BCUT2D eigenvalue weighted by Crippen LogP contribution is 2.15. The third-order valence-corrected chi connectivity index (χ3v) is 5.35. The summed E-state index contributed by atoms with van der Waals surface area (Å²) in [6.45, 7) is 12.8. The molecule has 1 saturated heterocycles. The Morgan fingerprint density at radius 1 is 1.44 bits per heavy atom. The highest BCUT2D eigenvalue weighted by Gasteiger charge is 2.15. The molecular formula is C18H34IN5S. The van der Waals surface area contributed by atoms with Crippen LogP contribution in [0.1, 0.15) is 43.8 Å². The van der Waals surface area contributed by atoms with E-state index >= 15 is 0 Å². The van der Waals surface area contributed by atoms with Crippen LogP contribution in [-0.2, 0) is 6.54 Å². The number of aliphatic imine (C=N–C) groups is 1. The summed E-state index contributed by atoms with van der Waals surface area (Å²) in [5.74, 6) is 1.89. The Morgan fingerprint density at radius 2 is 2.16 bits per heavy atom. The van der Waals surface area contributed by atoms with Crippen LogP contribution in [0.3, 0.4) is 0 Å². The summed E-state index contributed by atoms with van der Waals surface area (Å²) >= 11 is 1.71. The Kier molecular flexibility index (Phi) is 10.9. The SMILES string of the molecule is CCNC(=NCCCN1CCC(C)CC1)N(C)Cc1csc(C)n1.I. The fourth-order valence-electron chi connectivity index (χ4n) is 3.03. The number of hydrogen-bond acceptors (Lipinski definition) is 4. The van der Waals surface area contributed by atoms with Gasteiger partial charge in [-0.2, -0.15) is 0 Å². The molecule has 0 amide bonds. The van der Waals surface area contributed by atoms with Crippen molar-refractivity contribution in [2.24, 2.45) is 10.9 Å². The maximum Gasteiger partial charge on any atom is 0.194 e. The van der Waals surface area contributed by atoms with E-state index in [0.29, 0.717) is 0 Å². The maximum atomic E-state index is 4.80. The zero-order valence-electron chi connectivity index (χ0n) is 16.1. The number of rotatable bonds is 7. The largest absolute Gasteiger partial charge is 0.357 e. The molecule has 0 spiro atoms. The van der Waals surface area contributed by atoms with Crippen LogP contribution in [-0.4, -0.2) is 60.5 Å². The van der Waals surface area contributed by atoms with Gasteiger partial charge in [0.2, 0.25) is 0 Å². The molecule has 1 aromatic rings. The van der Waals surface area contributed by atoms with E-state index in [4.69, 9.17) is 4.99 Å². The molecule has 0 saturated carbocycles. The van der Waals surface area contributed by atoms with E-state index in [0.717, 1.165) is 48.6 Å². The predicted molar refractivity (Wildman–Crippen MR) is 119 cm³/mol. The van der Waals surface area contributed by atoms with Crippen molar-refractivity contribution in [2.75, 3.05) is 39.8 Å². The lowest BCUT2D eigenvalue weighted by Gasteiger charge is -2.30. The fourth-order valence-corrected chi connectivity index (χ4v) is 3.64. The molecule has 0 atom stereocenters. The average molecular weight is 479 g/mol. The quantitative estimate of drug-likeness (QED) is 0.281. The van der Waals surface area contributed by atoms with Crippen LogP contribution in [0.4, 0.5) is 0 Å². The number of likely N-dealkylation sites (tertiary alicyclic amines) is 1. The summed E-state index contributed by atoms with van der Waals surface area (Å²) in [6, 6.07) is 0. The van der Waals surface area contributed by atoms with E-state index in [1.54, 1.807) is 11.3 Å². The zero-order chi connectivity index (χ0) is 17.4. The van der Waals surface area contributed by atoms with Crippen molar-refractivity contribution < 1.29 is 0 Å². The lowest BCUT2D eigenvalue weighted by atomic mass is 9.99. The number of thiazole rings is 1. The average Bonchev–Trinajstić information content (AvgIpc) is 2.97. The van der Waals surface area contributed by atoms with E-state index in [2.05, 4.69) is 53.3 Å². The molecule has 0 bridgehead atoms. The minimum atomic E-state index is 0. The van der Waals surface area contributed by atoms with E-state index in [-0.39, 0.29) is 24.0 Å². The molecule has 5 nitrogen and oxygen atoms in total. The van der Waals surface area contributed by atoms with Gasteiger partial charge >= 0.3 is 0 Å². The minimum absolute atomic E-state index is 0. The van der Waals surface area contributed by atoms with Crippen molar-refractivity contribution in [3.63, 3.8) is 0 Å². The number of nitrogens with zero attached hydrogens (tertiary/aromatic N) is 4. The lowest BCUT2D eigenvalue weighted by Crippen LogP contribution is -2.39. The van der Waals surface area contributed by atoms with Crippen LogP contribution >= 0.6 is 35.3 Å². The van der Waals surface area contributed by atoms with Gasteiger partial charge < -0.3 is 15.1 Å². The van der Waals surface area contributed by atoms with Crippen LogP contribution in [0, 0.1) is 12.8 Å². The van der Waals surface area contributed by atoms with Gasteiger partial charge in [-0.3, -0.25) is 4.99 Å². The van der Waals surface area contributed by atoms with Crippen LogP contribution < -0.4 is 5.32 Å². The number of aryl methyl sites for hydroxylation is 1. The van der Waals surface area contributed by atoms with Crippen molar-refractivity contribution in [3.05, 3.63) is 16.1 Å². The normalized spacial score (nSPS) is 16.6. The number of piperidine rings is 1. The van der Waals surface area contributed by atoms with Crippen molar-refractivity contribution in [2.45, 2.75) is 46.6 Å². The Morgan fingerprint density at radius 3 is 2.76 bits per heavy atom. The summed E-state index contributed by atoms with van der Waals surface area (Å²) in [7, 11) is 2.09. The number of hydrogen-bond donors (Lipinski definition) is 1. The summed E-state index contributed by atoms with van der Waals surface area (Å²) in [4.78, 5) is 14.1. The van der Waals surface area contributed by atoms with Crippen LogP contribution in [0.5, 0.6) is 0 Å². The van der Waals surface area contributed by atoms with E-state index in [1.807, 2.05) is 0 Å². The Labute approximate surface area is 174 Å². The predicted octanol–water partition coefficient (Wildman–Crippen LogP) is 3.59. The third-order valence-electron chi connectivity index (χ3n) is 4.53. The molecule has 1 fully saturated rings. The highest BCUT2D eigenvalue weighted by molar-refractivity contribution is 14.0. The van der Waals surface area contributed by atoms with Crippen molar-refractivity contribution in [3.8, 4) is 0 Å². The monoisotopic (exact) mass is 479 g/mol. The van der Waals surface area contributed by atoms with Crippen molar-refractivity contribution in [1.29, 1.82) is 0 Å². The molecule has 7 heteroatoms. The van der Waals surface area contributed by atoms with Gasteiger partial charge in [-0.15, -0.1) is 35.3 Å². The highest BCUT2D eigenvalue weighted by atomic mass is 127. The maximum absolute atomic E-state index is 4.80. The molecule has 2 heterocycles. The number of halogens is 1.